The molecule has 0 unspecified atom stereocenters. The summed E-state index contributed by atoms with van der Waals surface area (Å²) in [4.78, 5) is 11.2. The maximum absolute atomic E-state index is 12.4. The first-order valence-corrected chi connectivity index (χ1v) is 4.63. The Morgan fingerprint density at radius 3 is 2.54 bits per heavy atom. The zero-order valence-electron chi connectivity index (χ0n) is 7.94. The van der Waals surface area contributed by atoms with Gasteiger partial charge in [0.25, 0.3) is 0 Å². The van der Waals surface area contributed by atoms with Crippen LogP contribution in [-0.4, -0.2) is 17.9 Å². The van der Waals surface area contributed by atoms with Gasteiger partial charge in [0.1, 0.15) is 0 Å². The lowest BCUT2D eigenvalue weighted by Crippen LogP contribution is -2.47. The first-order valence-electron chi connectivity index (χ1n) is 4.63. The molecule has 0 aromatic heterocycles. The van der Waals surface area contributed by atoms with Crippen molar-refractivity contribution in [1.82, 2.24) is 5.32 Å². The summed E-state index contributed by atoms with van der Waals surface area (Å²) in [7, 11) is 0. The average molecular weight is 191 g/mol. The van der Waals surface area contributed by atoms with E-state index in [-0.39, 0.29) is 24.8 Å². The van der Waals surface area contributed by atoms with Crippen LogP contribution in [0.1, 0.15) is 33.1 Å². The minimum Gasteiger partial charge on any atom is -0.353 e. The fourth-order valence-corrected chi connectivity index (χ4v) is 1.31. The molecular weight excluding hydrogens is 176 g/mol. The summed E-state index contributed by atoms with van der Waals surface area (Å²) in [6.07, 6.45) is 0.263. The first kappa shape index (κ1) is 10.4. The second kappa shape index (κ2) is 3.60. The predicted octanol–water partition coefficient (Wildman–Crippen LogP) is 1.95. The Bertz CT molecular complexity index is 198. The quantitative estimate of drug-likeness (QED) is 0.725. The fraction of sp³-hybridized carbons (Fsp3) is 0.889. The standard InChI is InChI=1S/C9H15F2NO/c1-3-6(2)12-8(13)7-4-9(10,11)5-7/h6-7H,3-5H2,1-2H3,(H,12,13)/t6-/m1/s1. The van der Waals surface area contributed by atoms with Crippen LogP contribution in [0.2, 0.25) is 0 Å². The van der Waals surface area contributed by atoms with Gasteiger partial charge in [0, 0.05) is 24.8 Å². The number of halogens is 2. The van der Waals surface area contributed by atoms with Gasteiger partial charge in [-0.15, -0.1) is 0 Å². The molecule has 76 valence electrons. The van der Waals surface area contributed by atoms with Gasteiger partial charge < -0.3 is 5.32 Å². The summed E-state index contributed by atoms with van der Waals surface area (Å²) in [6.45, 7) is 3.81. The third-order valence-electron chi connectivity index (χ3n) is 2.46. The van der Waals surface area contributed by atoms with Crippen LogP contribution in [0.15, 0.2) is 0 Å². The van der Waals surface area contributed by atoms with E-state index in [1.807, 2.05) is 13.8 Å². The van der Waals surface area contributed by atoms with Crippen LogP contribution in [0, 0.1) is 5.92 Å². The molecule has 1 rings (SSSR count). The second-order valence-electron chi connectivity index (χ2n) is 3.78. The van der Waals surface area contributed by atoms with E-state index in [9.17, 15) is 13.6 Å². The van der Waals surface area contributed by atoms with Crippen molar-refractivity contribution in [2.75, 3.05) is 0 Å². The van der Waals surface area contributed by atoms with Crippen molar-refractivity contribution in [2.24, 2.45) is 5.92 Å². The lowest BCUT2D eigenvalue weighted by Gasteiger charge is -2.34. The van der Waals surface area contributed by atoms with Crippen molar-refractivity contribution < 1.29 is 13.6 Å². The predicted molar refractivity (Wildman–Crippen MR) is 45.6 cm³/mol. The molecule has 1 aliphatic carbocycles. The Morgan fingerprint density at radius 2 is 2.15 bits per heavy atom. The van der Waals surface area contributed by atoms with Gasteiger partial charge in [-0.2, -0.15) is 0 Å². The lowest BCUT2D eigenvalue weighted by atomic mass is 9.80. The molecule has 0 aromatic carbocycles. The highest BCUT2D eigenvalue weighted by molar-refractivity contribution is 5.80. The van der Waals surface area contributed by atoms with Gasteiger partial charge in [-0.1, -0.05) is 6.92 Å². The highest BCUT2D eigenvalue weighted by Crippen LogP contribution is 2.42. The molecular formula is C9H15F2NO. The molecule has 0 heterocycles. The number of hydrogen-bond donors (Lipinski definition) is 1. The molecule has 1 saturated carbocycles. The summed E-state index contributed by atoms with van der Waals surface area (Å²) in [5.41, 5.74) is 0. The highest BCUT2D eigenvalue weighted by atomic mass is 19.3. The van der Waals surface area contributed by atoms with E-state index >= 15 is 0 Å². The van der Waals surface area contributed by atoms with Crippen molar-refractivity contribution in [3.05, 3.63) is 0 Å². The molecule has 0 bridgehead atoms. The molecule has 0 radical (unpaired) electrons. The number of hydrogen-bond acceptors (Lipinski definition) is 1. The maximum Gasteiger partial charge on any atom is 0.249 e. The molecule has 1 N–H and O–H groups in total. The van der Waals surface area contributed by atoms with Crippen LogP contribution < -0.4 is 5.32 Å². The summed E-state index contributed by atoms with van der Waals surface area (Å²) in [5.74, 6) is -3.29. The largest absolute Gasteiger partial charge is 0.353 e. The zero-order chi connectivity index (χ0) is 10.1. The van der Waals surface area contributed by atoms with Gasteiger partial charge in [-0.25, -0.2) is 8.78 Å². The molecule has 1 atom stereocenters. The Morgan fingerprint density at radius 1 is 1.62 bits per heavy atom. The number of rotatable bonds is 3. The van der Waals surface area contributed by atoms with E-state index in [0.717, 1.165) is 6.42 Å². The van der Waals surface area contributed by atoms with Crippen molar-refractivity contribution in [2.45, 2.75) is 45.1 Å². The highest BCUT2D eigenvalue weighted by Gasteiger charge is 2.48. The monoisotopic (exact) mass is 191 g/mol. The molecule has 1 aliphatic rings. The topological polar surface area (TPSA) is 29.1 Å². The number of carbonyl (C=O) groups excluding carboxylic acids is 1. The number of nitrogens with one attached hydrogen (secondary N) is 1. The van der Waals surface area contributed by atoms with E-state index in [1.54, 1.807) is 0 Å². The lowest BCUT2D eigenvalue weighted by molar-refractivity contribution is -0.150. The smallest absolute Gasteiger partial charge is 0.249 e. The number of carbonyl (C=O) groups is 1. The summed E-state index contributed by atoms with van der Waals surface area (Å²) >= 11 is 0. The number of alkyl halides is 2. The molecule has 1 fully saturated rings. The van der Waals surface area contributed by atoms with Gasteiger partial charge in [0.05, 0.1) is 0 Å². The molecule has 1 amide bonds. The van der Waals surface area contributed by atoms with E-state index < -0.39 is 11.8 Å². The normalized spacial score (nSPS) is 23.4. The van der Waals surface area contributed by atoms with Crippen molar-refractivity contribution in [1.29, 1.82) is 0 Å². The Kier molecular flexibility index (Phi) is 2.88. The summed E-state index contributed by atoms with van der Waals surface area (Å²) < 4.78 is 24.8. The van der Waals surface area contributed by atoms with E-state index in [4.69, 9.17) is 0 Å². The SMILES string of the molecule is CC[C@@H](C)NC(=O)C1CC(F)(F)C1. The summed E-state index contributed by atoms with van der Waals surface area (Å²) in [6, 6.07) is 0.0849. The van der Waals surface area contributed by atoms with Crippen LogP contribution in [-0.2, 0) is 4.79 Å². The molecule has 0 saturated heterocycles. The van der Waals surface area contributed by atoms with E-state index in [2.05, 4.69) is 5.32 Å². The van der Waals surface area contributed by atoms with Crippen molar-refractivity contribution in [3.8, 4) is 0 Å². The van der Waals surface area contributed by atoms with Crippen molar-refractivity contribution >= 4 is 5.91 Å². The van der Waals surface area contributed by atoms with Crippen LogP contribution in [0.5, 0.6) is 0 Å². The van der Waals surface area contributed by atoms with Crippen molar-refractivity contribution in [3.63, 3.8) is 0 Å². The number of amides is 1. The average Bonchev–Trinajstić information content (AvgIpc) is 1.99. The van der Waals surface area contributed by atoms with Gasteiger partial charge in [-0.3, -0.25) is 4.79 Å². The zero-order valence-corrected chi connectivity index (χ0v) is 7.94. The van der Waals surface area contributed by atoms with Crippen LogP contribution in [0.4, 0.5) is 8.78 Å². The van der Waals surface area contributed by atoms with Gasteiger partial charge in [0.2, 0.25) is 11.8 Å². The fourth-order valence-electron chi connectivity index (χ4n) is 1.31. The molecule has 13 heavy (non-hydrogen) atoms. The van der Waals surface area contributed by atoms with Crippen LogP contribution in [0.3, 0.4) is 0 Å². The molecule has 2 nitrogen and oxygen atoms in total. The summed E-state index contributed by atoms with van der Waals surface area (Å²) in [5, 5.41) is 2.70. The molecule has 0 spiro atoms. The van der Waals surface area contributed by atoms with E-state index in [1.165, 1.54) is 0 Å². The third-order valence-corrected chi connectivity index (χ3v) is 2.46. The second-order valence-corrected chi connectivity index (χ2v) is 3.78. The van der Waals surface area contributed by atoms with Crippen LogP contribution >= 0.6 is 0 Å². The van der Waals surface area contributed by atoms with E-state index in [0.29, 0.717) is 0 Å². The van der Waals surface area contributed by atoms with Crippen LogP contribution in [0.25, 0.3) is 0 Å². The Balaban J connectivity index is 2.27. The van der Waals surface area contributed by atoms with Gasteiger partial charge >= 0.3 is 0 Å². The Labute approximate surface area is 76.7 Å². The van der Waals surface area contributed by atoms with Gasteiger partial charge in [0.15, 0.2) is 0 Å². The minimum atomic E-state index is -2.60. The maximum atomic E-state index is 12.4. The molecule has 0 aliphatic heterocycles. The molecule has 0 aromatic rings. The van der Waals surface area contributed by atoms with Gasteiger partial charge in [-0.05, 0) is 13.3 Å². The molecule has 4 heteroatoms. The first-order chi connectivity index (χ1) is 5.94. The third kappa shape index (κ3) is 2.64. The minimum absolute atomic E-state index is 0.0849. The Hall–Kier alpha value is -0.670.